The summed E-state index contributed by atoms with van der Waals surface area (Å²) < 4.78 is 11.9. The smallest absolute Gasteiger partial charge is 0.338 e. The lowest BCUT2D eigenvalue weighted by Gasteiger charge is -2.17. The quantitative estimate of drug-likeness (QED) is 0.0823. The summed E-state index contributed by atoms with van der Waals surface area (Å²) in [5.74, 6) is 1.10. The van der Waals surface area contributed by atoms with Crippen LogP contribution >= 0.6 is 0 Å². The average molecular weight is 744 g/mol. The number of aromatic nitrogens is 6. The minimum atomic E-state index is -1.05. The third-order valence-corrected chi connectivity index (χ3v) is 8.53. The van der Waals surface area contributed by atoms with Gasteiger partial charge in [0.1, 0.15) is 47.1 Å². The molecule has 0 saturated carbocycles. The molecule has 0 saturated heterocycles. The van der Waals surface area contributed by atoms with Crippen LogP contribution in [0.5, 0.6) is 11.5 Å². The van der Waals surface area contributed by atoms with Crippen molar-refractivity contribution in [1.29, 1.82) is 0 Å². The highest BCUT2D eigenvalue weighted by Gasteiger charge is 2.22. The molecule has 0 atom stereocenters. The van der Waals surface area contributed by atoms with Crippen molar-refractivity contribution < 1.29 is 24.2 Å². The van der Waals surface area contributed by atoms with Gasteiger partial charge < -0.3 is 40.5 Å². The fourth-order valence-corrected chi connectivity index (χ4v) is 6.23. The molecule has 0 aliphatic carbocycles. The highest BCUT2D eigenvalue weighted by atomic mass is 16.5. The van der Waals surface area contributed by atoms with Gasteiger partial charge in [-0.1, -0.05) is 0 Å². The Morgan fingerprint density at radius 2 is 1.16 bits per heavy atom. The first-order valence-electron chi connectivity index (χ1n) is 17.8. The van der Waals surface area contributed by atoms with Gasteiger partial charge in [-0.05, 0) is 88.1 Å². The van der Waals surface area contributed by atoms with E-state index in [1.165, 1.54) is 18.9 Å². The molecular weight excluding hydrogens is 703 g/mol. The molecule has 282 valence electrons. The molecule has 0 spiro atoms. The SMILES string of the molecule is CC(C)NC(=O)c1c[nH]c2ncnc(Nc3cc4c(cc3OC(C)C)CN=C4)c12.CC(C)Oc1cc2c(cc1Nc1ncnc3[nH]cc(C(=O)O)c13)C=NC2. The first kappa shape index (κ1) is 36.5. The van der Waals surface area contributed by atoms with Gasteiger partial charge in [-0.2, -0.15) is 0 Å². The van der Waals surface area contributed by atoms with Gasteiger partial charge in [-0.15, -0.1) is 0 Å². The Labute approximate surface area is 316 Å². The maximum atomic E-state index is 12.6. The summed E-state index contributed by atoms with van der Waals surface area (Å²) in [6.07, 6.45) is 9.58. The van der Waals surface area contributed by atoms with E-state index in [4.69, 9.17) is 9.47 Å². The van der Waals surface area contributed by atoms with Gasteiger partial charge in [0.05, 0.1) is 58.6 Å². The molecule has 1 amide bonds. The van der Waals surface area contributed by atoms with E-state index in [9.17, 15) is 14.7 Å². The van der Waals surface area contributed by atoms with E-state index < -0.39 is 5.97 Å². The van der Waals surface area contributed by atoms with E-state index in [0.717, 1.165) is 33.7 Å². The first-order valence-corrected chi connectivity index (χ1v) is 17.8. The molecule has 6 aromatic rings. The minimum Gasteiger partial charge on any atom is -0.489 e. The lowest BCUT2D eigenvalue weighted by Crippen LogP contribution is -2.30. The molecule has 2 aliphatic rings. The second kappa shape index (κ2) is 15.3. The summed E-state index contributed by atoms with van der Waals surface area (Å²) >= 11 is 0. The third kappa shape index (κ3) is 7.78. The van der Waals surface area contributed by atoms with E-state index in [2.05, 4.69) is 55.8 Å². The van der Waals surface area contributed by atoms with Crippen molar-refractivity contribution >= 4 is 69.4 Å². The van der Waals surface area contributed by atoms with Crippen LogP contribution in [0.15, 0.2) is 59.3 Å². The van der Waals surface area contributed by atoms with E-state index >= 15 is 0 Å². The maximum Gasteiger partial charge on any atom is 0.338 e. The predicted octanol–water partition coefficient (Wildman–Crippen LogP) is 6.68. The number of hydrogen-bond donors (Lipinski definition) is 6. The van der Waals surface area contributed by atoms with Crippen LogP contribution in [0.4, 0.5) is 23.0 Å². The zero-order valence-electron chi connectivity index (χ0n) is 31.2. The number of aliphatic imine (C=N–C) groups is 2. The Bertz CT molecular complexity index is 2480. The number of amides is 1. The largest absolute Gasteiger partial charge is 0.489 e. The van der Waals surface area contributed by atoms with Crippen LogP contribution in [-0.2, 0) is 13.1 Å². The number of ether oxygens (including phenoxy) is 2. The number of aromatic carboxylic acids is 1. The number of benzene rings is 2. The second-order valence-corrected chi connectivity index (χ2v) is 13.8. The monoisotopic (exact) mass is 743 g/mol. The van der Waals surface area contributed by atoms with Crippen molar-refractivity contribution in [1.82, 2.24) is 35.2 Å². The summed E-state index contributed by atoms with van der Waals surface area (Å²) in [4.78, 5) is 55.7. The van der Waals surface area contributed by atoms with Gasteiger partial charge in [0.2, 0.25) is 0 Å². The number of H-pyrrole nitrogens is 2. The van der Waals surface area contributed by atoms with Crippen molar-refractivity contribution in [2.24, 2.45) is 9.98 Å². The zero-order chi connectivity index (χ0) is 38.8. The Balaban J connectivity index is 0.000000170. The lowest BCUT2D eigenvalue weighted by atomic mass is 10.1. The summed E-state index contributed by atoms with van der Waals surface area (Å²) in [5.41, 5.74) is 7.36. The average Bonchev–Trinajstić information content (AvgIpc) is 3.94. The Hall–Kier alpha value is -6.84. The number of rotatable bonds is 11. The van der Waals surface area contributed by atoms with Crippen molar-refractivity contribution in [2.75, 3.05) is 10.6 Å². The van der Waals surface area contributed by atoms with E-state index in [1.807, 2.05) is 78.2 Å². The molecular formula is C39H41N11O5. The molecule has 16 nitrogen and oxygen atoms in total. The molecule has 2 aromatic carbocycles. The predicted molar refractivity (Wildman–Crippen MR) is 211 cm³/mol. The Morgan fingerprint density at radius 1 is 0.691 bits per heavy atom. The number of hydrogen-bond acceptors (Lipinski definition) is 12. The molecule has 6 N–H and O–H groups in total. The summed E-state index contributed by atoms with van der Waals surface area (Å²) in [6, 6.07) is 7.92. The van der Waals surface area contributed by atoms with Crippen LogP contribution in [0.3, 0.4) is 0 Å². The highest BCUT2D eigenvalue weighted by molar-refractivity contribution is 6.10. The van der Waals surface area contributed by atoms with Crippen molar-refractivity contribution in [2.45, 2.75) is 72.9 Å². The van der Waals surface area contributed by atoms with Gasteiger partial charge in [-0.3, -0.25) is 14.8 Å². The number of nitrogens with zero attached hydrogens (tertiary/aromatic N) is 6. The molecule has 0 bridgehead atoms. The zero-order valence-corrected chi connectivity index (χ0v) is 31.2. The van der Waals surface area contributed by atoms with Gasteiger partial charge in [-0.25, -0.2) is 24.7 Å². The Kier molecular flexibility index (Phi) is 10.1. The van der Waals surface area contributed by atoms with Crippen LogP contribution in [0.25, 0.3) is 22.1 Å². The number of aromatic amines is 2. The fourth-order valence-electron chi connectivity index (χ4n) is 6.23. The fraction of sp³-hybridized carbons (Fsp3) is 0.282. The Morgan fingerprint density at radius 3 is 1.62 bits per heavy atom. The molecule has 55 heavy (non-hydrogen) atoms. The van der Waals surface area contributed by atoms with Crippen LogP contribution in [0.2, 0.25) is 0 Å². The van der Waals surface area contributed by atoms with Gasteiger partial charge in [0, 0.05) is 30.9 Å². The number of carbonyl (C=O) groups excluding carboxylic acids is 1. The first-order chi connectivity index (χ1) is 26.4. The molecule has 6 heterocycles. The minimum absolute atomic E-state index is 0.0109. The van der Waals surface area contributed by atoms with Crippen molar-refractivity contribution in [3.05, 3.63) is 82.7 Å². The molecule has 8 rings (SSSR count). The number of carboxylic acid groups (broad SMARTS) is 1. The summed E-state index contributed by atoms with van der Waals surface area (Å²) in [5, 5.41) is 19.9. The van der Waals surface area contributed by atoms with E-state index in [0.29, 0.717) is 63.8 Å². The molecule has 16 heteroatoms. The molecule has 0 unspecified atom stereocenters. The summed E-state index contributed by atoms with van der Waals surface area (Å²) in [6.45, 7) is 13.0. The lowest BCUT2D eigenvalue weighted by molar-refractivity contribution is 0.0698. The summed E-state index contributed by atoms with van der Waals surface area (Å²) in [7, 11) is 0. The number of anilines is 4. The molecule has 0 fully saturated rings. The van der Waals surface area contributed by atoms with Crippen molar-refractivity contribution in [3.63, 3.8) is 0 Å². The van der Waals surface area contributed by atoms with E-state index in [1.54, 1.807) is 6.20 Å². The van der Waals surface area contributed by atoms with Gasteiger partial charge in [0.25, 0.3) is 5.91 Å². The maximum absolute atomic E-state index is 12.6. The normalized spacial score (nSPS) is 12.6. The van der Waals surface area contributed by atoms with Gasteiger partial charge in [0.15, 0.2) is 0 Å². The van der Waals surface area contributed by atoms with Gasteiger partial charge >= 0.3 is 5.97 Å². The molecule has 0 radical (unpaired) electrons. The topological polar surface area (TPSA) is 217 Å². The third-order valence-electron chi connectivity index (χ3n) is 8.53. The molecule has 4 aromatic heterocycles. The van der Waals surface area contributed by atoms with Crippen LogP contribution in [0, 0.1) is 0 Å². The van der Waals surface area contributed by atoms with Crippen LogP contribution in [0.1, 0.15) is 84.5 Å². The van der Waals surface area contributed by atoms with Crippen molar-refractivity contribution in [3.8, 4) is 11.5 Å². The van der Waals surface area contributed by atoms with Crippen LogP contribution in [-0.4, -0.2) is 77.6 Å². The number of carbonyl (C=O) groups is 2. The molecule has 2 aliphatic heterocycles. The highest BCUT2D eigenvalue weighted by Crippen LogP contribution is 2.37. The number of nitrogens with one attached hydrogen (secondary N) is 5. The number of carboxylic acids is 1. The number of fused-ring (bicyclic) bond motifs is 4. The van der Waals surface area contributed by atoms with E-state index in [-0.39, 0.29) is 29.7 Å². The van der Waals surface area contributed by atoms with Crippen LogP contribution < -0.4 is 25.4 Å². The second-order valence-electron chi connectivity index (χ2n) is 13.8. The standard InChI is InChI=1S/C21H24N6O2.C18H17N5O3/c1-11(2)26-21(28)15-9-23-19-18(15)20(25-10-24-19)27-16-5-13-7-22-8-14(13)6-17(16)29-12(3)4;1-9(2)26-14-4-11-6-19-5-10(11)3-13(14)23-17-15-12(18(24)25)7-20-16(15)21-8-22-17/h5-7,9-12H,8H2,1-4H3,(H,26,28)(H2,23,24,25,27);3-5,7-9H,6H2,1-2H3,(H,24,25)(H2,20,21,22,23).